The van der Waals surface area contributed by atoms with E-state index in [1.54, 1.807) is 24.3 Å². The highest BCUT2D eigenvalue weighted by Crippen LogP contribution is 2.43. The molecule has 6 rings (SSSR count). The minimum absolute atomic E-state index is 0.0285. The second-order valence-corrected chi connectivity index (χ2v) is 17.5. The molecule has 0 bridgehead atoms. The molecule has 1 unspecified atom stereocenters. The second kappa shape index (κ2) is 11.4. The number of oxime groups is 1. The number of benzene rings is 3. The van der Waals surface area contributed by atoms with Gasteiger partial charge < -0.3 is 10.1 Å². The summed E-state index contributed by atoms with van der Waals surface area (Å²) in [6.07, 6.45) is -1.26. The first-order chi connectivity index (χ1) is 21.5. The first-order valence-corrected chi connectivity index (χ1v) is 18.3. The Hall–Kier alpha value is -3.42. The molecule has 7 nitrogen and oxygen atoms in total. The van der Waals surface area contributed by atoms with Crippen LogP contribution in [0.15, 0.2) is 69.5 Å². The average molecular weight is 678 g/mol. The van der Waals surface area contributed by atoms with E-state index in [1.165, 1.54) is 21.3 Å². The smallest absolute Gasteiger partial charge is 0.410 e. The highest BCUT2D eigenvalue weighted by Gasteiger charge is 2.38. The third kappa shape index (κ3) is 5.70. The van der Waals surface area contributed by atoms with Gasteiger partial charge in [-0.2, -0.15) is 17.5 Å². The van der Waals surface area contributed by atoms with Crippen molar-refractivity contribution in [3.8, 4) is 11.1 Å². The first-order valence-electron chi connectivity index (χ1n) is 15.0. The van der Waals surface area contributed by atoms with Crippen LogP contribution in [0.2, 0.25) is 0 Å². The topological polar surface area (TPSA) is 90.3 Å². The Morgan fingerprint density at radius 1 is 0.848 bits per heavy atom. The summed E-state index contributed by atoms with van der Waals surface area (Å²) < 4.78 is 97.0. The van der Waals surface area contributed by atoms with Gasteiger partial charge in [-0.25, -0.2) is 12.8 Å². The van der Waals surface area contributed by atoms with Crippen LogP contribution in [0.25, 0.3) is 11.1 Å². The Morgan fingerprint density at radius 3 is 1.98 bits per heavy atom. The lowest BCUT2D eigenvalue weighted by Gasteiger charge is -2.36. The van der Waals surface area contributed by atoms with E-state index >= 15 is 0 Å². The summed E-state index contributed by atoms with van der Waals surface area (Å²) >= 11 is 0. The average Bonchev–Trinajstić information content (AvgIpc) is 3.32. The van der Waals surface area contributed by atoms with Crippen LogP contribution in [-0.4, -0.2) is 65.2 Å². The molecule has 1 saturated carbocycles. The lowest BCUT2D eigenvalue weighted by Crippen LogP contribution is -2.49. The molecule has 3 aliphatic rings. The zero-order chi connectivity index (χ0) is 33.2. The maximum absolute atomic E-state index is 14.0. The van der Waals surface area contributed by atoms with Crippen LogP contribution in [0, 0.1) is 11.2 Å². The molecule has 2 fully saturated rings. The standard InChI is InChI=1S/C33H35F4N3O4S2/c1-32(2)12-10-22(11-13-32)45(3,42)23-5-7-25-26-8-6-24(20-28(26)31(38-41)27(25)19-23)46(43,44)40-16-14-39(15-17-40)30-9-4-21(34)18-29(30)33(35,36)37/h4-9,18-20,22,41H,3,10-17H2,1-2H3/b38-31+. The zero-order valence-corrected chi connectivity index (χ0v) is 27.1. The van der Waals surface area contributed by atoms with Crippen molar-refractivity contribution in [3.63, 3.8) is 0 Å². The van der Waals surface area contributed by atoms with E-state index in [9.17, 15) is 35.4 Å². The Bertz CT molecular complexity index is 1940. The van der Waals surface area contributed by atoms with Gasteiger partial charge in [0.1, 0.15) is 11.5 Å². The summed E-state index contributed by atoms with van der Waals surface area (Å²) in [7, 11) is -6.74. The SMILES string of the molecule is C=S(=O)(c1ccc2c(c1)/C(=N\O)c1cc(S(=O)(=O)N3CCN(c4ccc(F)cc4C(F)(F)F)CC3)ccc1-2)C1CCC(C)(C)CC1. The Labute approximate surface area is 266 Å². The Morgan fingerprint density at radius 2 is 1.41 bits per heavy atom. The number of nitrogens with zero attached hydrogens (tertiary/aromatic N) is 3. The van der Waals surface area contributed by atoms with Gasteiger partial charge in [0, 0.05) is 53.1 Å². The number of anilines is 1. The van der Waals surface area contributed by atoms with Crippen molar-refractivity contribution in [3.05, 3.63) is 77.1 Å². The lowest BCUT2D eigenvalue weighted by molar-refractivity contribution is -0.137. The molecular formula is C33H35F4N3O4S2. The fraction of sp³-hybridized carbons (Fsp3) is 0.394. The maximum atomic E-state index is 14.0. The van der Waals surface area contributed by atoms with Gasteiger partial charge in [0.05, 0.1) is 10.5 Å². The van der Waals surface area contributed by atoms with Crippen LogP contribution in [0.5, 0.6) is 0 Å². The van der Waals surface area contributed by atoms with E-state index < -0.39 is 37.1 Å². The minimum atomic E-state index is -4.77. The Kier molecular flexibility index (Phi) is 8.04. The third-order valence-electron chi connectivity index (χ3n) is 9.59. The third-order valence-corrected chi connectivity index (χ3v) is 14.1. The molecule has 0 amide bonds. The molecule has 1 heterocycles. The molecule has 13 heteroatoms. The van der Waals surface area contributed by atoms with Crippen LogP contribution < -0.4 is 4.90 Å². The highest BCUT2D eigenvalue weighted by molar-refractivity contribution is 8.00. The number of rotatable bonds is 5. The molecule has 3 aromatic rings. The van der Waals surface area contributed by atoms with Crippen molar-refractivity contribution in [2.24, 2.45) is 10.6 Å². The van der Waals surface area contributed by atoms with Gasteiger partial charge in [-0.1, -0.05) is 31.1 Å². The summed E-state index contributed by atoms with van der Waals surface area (Å²) in [5, 5.41) is 13.5. The van der Waals surface area contributed by atoms with Crippen molar-refractivity contribution in [1.29, 1.82) is 0 Å². The second-order valence-electron chi connectivity index (χ2n) is 13.0. The van der Waals surface area contributed by atoms with Crippen molar-refractivity contribution in [2.45, 2.75) is 60.7 Å². The number of sulfonamides is 1. The predicted octanol–water partition coefficient (Wildman–Crippen LogP) is 6.61. The molecule has 2 aliphatic carbocycles. The van der Waals surface area contributed by atoms with Crippen LogP contribution >= 0.6 is 0 Å². The van der Waals surface area contributed by atoms with Crippen molar-refractivity contribution in [1.82, 2.24) is 4.31 Å². The van der Waals surface area contributed by atoms with Crippen molar-refractivity contribution in [2.75, 3.05) is 31.1 Å². The molecule has 1 aliphatic heterocycles. The van der Waals surface area contributed by atoms with Crippen LogP contribution in [0.4, 0.5) is 23.2 Å². The van der Waals surface area contributed by atoms with E-state index in [4.69, 9.17) is 0 Å². The minimum Gasteiger partial charge on any atom is -0.410 e. The maximum Gasteiger partial charge on any atom is 0.418 e. The molecule has 0 radical (unpaired) electrons. The number of hydrogen-bond acceptors (Lipinski definition) is 6. The van der Waals surface area contributed by atoms with E-state index in [2.05, 4.69) is 24.9 Å². The number of halogens is 4. The molecule has 1 atom stereocenters. The van der Waals surface area contributed by atoms with Gasteiger partial charge in [0.25, 0.3) is 0 Å². The quantitative estimate of drug-likeness (QED) is 0.111. The molecule has 0 spiro atoms. The molecule has 0 aromatic heterocycles. The number of fused-ring (bicyclic) bond motifs is 3. The van der Waals surface area contributed by atoms with Crippen LogP contribution in [0.1, 0.15) is 56.2 Å². The van der Waals surface area contributed by atoms with E-state index in [0.29, 0.717) is 33.2 Å². The van der Waals surface area contributed by atoms with Gasteiger partial charge >= 0.3 is 6.18 Å². The summed E-state index contributed by atoms with van der Waals surface area (Å²) in [6.45, 7) is 4.18. The molecule has 46 heavy (non-hydrogen) atoms. The van der Waals surface area contributed by atoms with Gasteiger partial charge in [-0.3, -0.25) is 4.21 Å². The Balaban J connectivity index is 1.24. The van der Waals surface area contributed by atoms with E-state index in [1.807, 2.05) is 0 Å². The van der Waals surface area contributed by atoms with Gasteiger partial charge in [0.2, 0.25) is 10.0 Å². The summed E-state index contributed by atoms with van der Waals surface area (Å²) in [5.41, 5.74) is 1.34. The van der Waals surface area contributed by atoms with Crippen LogP contribution in [0.3, 0.4) is 0 Å². The number of piperazine rings is 1. The van der Waals surface area contributed by atoms with Gasteiger partial charge in [0.15, 0.2) is 0 Å². The van der Waals surface area contributed by atoms with E-state index in [-0.39, 0.29) is 53.1 Å². The van der Waals surface area contributed by atoms with Crippen molar-refractivity contribution < 1.29 is 35.4 Å². The monoisotopic (exact) mass is 677 g/mol. The highest BCUT2D eigenvalue weighted by atomic mass is 32.2. The van der Waals surface area contributed by atoms with Gasteiger partial charge in [-0.15, -0.1) is 0 Å². The lowest BCUT2D eigenvalue weighted by atomic mass is 9.77. The summed E-state index contributed by atoms with van der Waals surface area (Å²) in [4.78, 5) is 1.90. The summed E-state index contributed by atoms with van der Waals surface area (Å²) in [6, 6.07) is 12.3. The number of hydrogen-bond donors (Lipinski definition) is 1. The molecule has 1 N–H and O–H groups in total. The summed E-state index contributed by atoms with van der Waals surface area (Å²) in [5.74, 6) is 3.14. The molecule has 1 saturated heterocycles. The molecule has 3 aromatic carbocycles. The fourth-order valence-corrected chi connectivity index (χ4v) is 10.3. The molecular weight excluding hydrogens is 643 g/mol. The van der Waals surface area contributed by atoms with Crippen molar-refractivity contribution >= 4 is 36.8 Å². The predicted molar refractivity (Wildman–Crippen MR) is 171 cm³/mol. The van der Waals surface area contributed by atoms with Crippen LogP contribution in [-0.2, 0) is 25.7 Å². The largest absolute Gasteiger partial charge is 0.418 e. The van der Waals surface area contributed by atoms with Gasteiger partial charge in [-0.05, 0) is 100 Å². The van der Waals surface area contributed by atoms with E-state index in [0.717, 1.165) is 37.8 Å². The fourth-order valence-electron chi connectivity index (χ4n) is 6.81. The molecule has 246 valence electrons. The number of alkyl halides is 3. The zero-order valence-electron chi connectivity index (χ0n) is 25.5. The normalized spacial score (nSPS) is 21.2. The first kappa shape index (κ1) is 32.5.